The first-order valence-corrected chi connectivity index (χ1v) is 9.55. The summed E-state index contributed by atoms with van der Waals surface area (Å²) in [5.74, 6) is -2.31. The summed E-state index contributed by atoms with van der Waals surface area (Å²) < 4.78 is 76.6. The Labute approximate surface area is 183 Å². The number of rotatable bonds is 4. The van der Waals surface area contributed by atoms with Gasteiger partial charge in [-0.1, -0.05) is 0 Å². The third kappa shape index (κ3) is 6.24. The van der Waals surface area contributed by atoms with Crippen molar-refractivity contribution in [2.75, 3.05) is 0 Å². The third-order valence-corrected chi connectivity index (χ3v) is 4.15. The van der Waals surface area contributed by atoms with E-state index in [0.717, 1.165) is 18.2 Å². The number of aromatic nitrogens is 2. The molecule has 0 unspecified atom stereocenters. The fraction of sp³-hybridized carbons (Fsp3) is 0.333. The predicted octanol–water partition coefficient (Wildman–Crippen LogP) is 4.69. The Morgan fingerprint density at radius 3 is 2.30 bits per heavy atom. The molecular formula is C21H18F5N3O4. The third-order valence-electron chi connectivity index (χ3n) is 4.15. The van der Waals surface area contributed by atoms with Crippen LogP contribution in [0.1, 0.15) is 44.0 Å². The number of hydrogen-bond acceptors (Lipinski definition) is 6. The number of carbonyl (C=O) groups is 1. The van der Waals surface area contributed by atoms with Gasteiger partial charge >= 0.3 is 17.9 Å². The summed E-state index contributed by atoms with van der Waals surface area (Å²) in [4.78, 5) is 31.9. The van der Waals surface area contributed by atoms with Gasteiger partial charge in [0.05, 0.1) is 0 Å². The van der Waals surface area contributed by atoms with Crippen molar-refractivity contribution in [1.29, 1.82) is 0 Å². The Morgan fingerprint density at radius 1 is 1.09 bits per heavy atom. The molecule has 0 aliphatic rings. The van der Waals surface area contributed by atoms with Crippen LogP contribution in [0.5, 0.6) is 0 Å². The fourth-order valence-corrected chi connectivity index (χ4v) is 2.89. The van der Waals surface area contributed by atoms with Gasteiger partial charge in [0, 0.05) is 12.5 Å². The molecule has 0 saturated carbocycles. The van der Waals surface area contributed by atoms with Crippen LogP contribution in [-0.2, 0) is 17.3 Å². The maximum absolute atomic E-state index is 13.6. The monoisotopic (exact) mass is 471 g/mol. The standard InChI is InChI=1S/C21H18F5N3O4/c1-20(2,3)33-19(31)27-14(8-10-6-11(22)9-12(23)7-10)17-29-16-13(18(30)32-17)4-5-15(28-16)21(24,25)26/h4-7,9,14H,8H2,1-3H3,(H,27,31)/t14-/m0/s1. The van der Waals surface area contributed by atoms with Gasteiger partial charge in [-0.3, -0.25) is 0 Å². The summed E-state index contributed by atoms with van der Waals surface area (Å²) in [5, 5.41) is 2.04. The first kappa shape index (κ1) is 24.1. The SMILES string of the molecule is CC(C)(C)OC(=O)N[C@@H](Cc1cc(F)cc(F)c1)c1nc2nc(C(F)(F)F)ccc2c(=O)o1. The highest BCUT2D eigenvalue weighted by Gasteiger charge is 2.33. The molecule has 2 aromatic heterocycles. The van der Waals surface area contributed by atoms with Gasteiger partial charge in [0.15, 0.2) is 5.65 Å². The van der Waals surface area contributed by atoms with E-state index in [-0.39, 0.29) is 17.4 Å². The number of hydrogen-bond donors (Lipinski definition) is 1. The Bertz CT molecular complexity index is 1230. The predicted molar refractivity (Wildman–Crippen MR) is 105 cm³/mol. The lowest BCUT2D eigenvalue weighted by molar-refractivity contribution is -0.141. The molecule has 0 aliphatic heterocycles. The van der Waals surface area contributed by atoms with E-state index in [1.807, 2.05) is 0 Å². The van der Waals surface area contributed by atoms with Crippen molar-refractivity contribution < 1.29 is 35.9 Å². The van der Waals surface area contributed by atoms with Crippen molar-refractivity contribution in [2.45, 2.75) is 45.0 Å². The molecule has 0 aliphatic carbocycles. The summed E-state index contributed by atoms with van der Waals surface area (Å²) in [5.41, 5.74) is -3.78. The number of ether oxygens (including phenoxy) is 1. The number of fused-ring (bicyclic) bond motifs is 1. The number of halogens is 5. The number of benzene rings is 1. The molecule has 1 amide bonds. The van der Waals surface area contributed by atoms with E-state index in [2.05, 4.69) is 15.3 Å². The number of nitrogens with zero attached hydrogens (tertiary/aromatic N) is 2. The van der Waals surface area contributed by atoms with E-state index in [0.29, 0.717) is 12.1 Å². The largest absolute Gasteiger partial charge is 0.444 e. The van der Waals surface area contributed by atoms with E-state index in [1.54, 1.807) is 20.8 Å². The number of pyridine rings is 1. The van der Waals surface area contributed by atoms with Gasteiger partial charge < -0.3 is 14.5 Å². The van der Waals surface area contributed by atoms with Gasteiger partial charge in [-0.05, 0) is 50.6 Å². The van der Waals surface area contributed by atoms with E-state index >= 15 is 0 Å². The molecule has 0 bridgehead atoms. The minimum Gasteiger partial charge on any atom is -0.444 e. The summed E-state index contributed by atoms with van der Waals surface area (Å²) in [7, 11) is 0. The second-order valence-electron chi connectivity index (χ2n) is 8.09. The molecule has 176 valence electrons. The summed E-state index contributed by atoms with van der Waals surface area (Å²) in [6, 6.07) is 2.74. The van der Waals surface area contributed by atoms with Crippen LogP contribution in [0.2, 0.25) is 0 Å². The average molecular weight is 471 g/mol. The molecule has 3 aromatic rings. The molecule has 1 N–H and O–H groups in total. The maximum Gasteiger partial charge on any atom is 0.433 e. The van der Waals surface area contributed by atoms with Crippen LogP contribution < -0.4 is 10.9 Å². The van der Waals surface area contributed by atoms with E-state index in [4.69, 9.17) is 9.15 Å². The van der Waals surface area contributed by atoms with Crippen LogP contribution in [-0.4, -0.2) is 21.7 Å². The number of nitrogens with one attached hydrogen (secondary N) is 1. The van der Waals surface area contributed by atoms with Crippen molar-refractivity contribution in [3.63, 3.8) is 0 Å². The molecule has 3 rings (SSSR count). The molecule has 12 heteroatoms. The van der Waals surface area contributed by atoms with Crippen LogP contribution in [0.15, 0.2) is 39.5 Å². The van der Waals surface area contributed by atoms with Crippen LogP contribution in [0, 0.1) is 11.6 Å². The van der Waals surface area contributed by atoms with Crippen LogP contribution in [0.3, 0.4) is 0 Å². The van der Waals surface area contributed by atoms with E-state index < -0.39 is 58.4 Å². The highest BCUT2D eigenvalue weighted by atomic mass is 19.4. The lowest BCUT2D eigenvalue weighted by Gasteiger charge is -2.23. The van der Waals surface area contributed by atoms with Gasteiger partial charge in [0.25, 0.3) is 0 Å². The van der Waals surface area contributed by atoms with Crippen molar-refractivity contribution in [1.82, 2.24) is 15.3 Å². The first-order chi connectivity index (χ1) is 15.2. The lowest BCUT2D eigenvalue weighted by Crippen LogP contribution is -2.36. The topological polar surface area (TPSA) is 94.3 Å². The zero-order chi connectivity index (χ0) is 24.6. The summed E-state index contributed by atoms with van der Waals surface area (Å²) in [6.45, 7) is 4.75. The van der Waals surface area contributed by atoms with Gasteiger partial charge in [0.2, 0.25) is 5.89 Å². The molecular weight excluding hydrogens is 453 g/mol. The van der Waals surface area contributed by atoms with E-state index in [9.17, 15) is 31.5 Å². The van der Waals surface area contributed by atoms with Crippen molar-refractivity contribution in [2.24, 2.45) is 0 Å². The maximum atomic E-state index is 13.6. The summed E-state index contributed by atoms with van der Waals surface area (Å²) >= 11 is 0. The van der Waals surface area contributed by atoms with Crippen LogP contribution >= 0.6 is 0 Å². The zero-order valence-corrected chi connectivity index (χ0v) is 17.6. The molecule has 1 atom stereocenters. The molecule has 1 aromatic carbocycles. The normalized spacial score (nSPS) is 13.1. The van der Waals surface area contributed by atoms with Crippen molar-refractivity contribution in [3.8, 4) is 0 Å². The lowest BCUT2D eigenvalue weighted by atomic mass is 10.1. The van der Waals surface area contributed by atoms with Gasteiger partial charge in [-0.15, -0.1) is 0 Å². The summed E-state index contributed by atoms with van der Waals surface area (Å²) in [6.07, 6.45) is -6.10. The molecule has 2 heterocycles. The highest BCUT2D eigenvalue weighted by molar-refractivity contribution is 5.73. The Hall–Kier alpha value is -3.57. The molecule has 0 radical (unpaired) electrons. The second-order valence-corrected chi connectivity index (χ2v) is 8.09. The fourth-order valence-electron chi connectivity index (χ4n) is 2.89. The molecule has 0 spiro atoms. The van der Waals surface area contributed by atoms with Gasteiger partial charge in [0.1, 0.15) is 34.4 Å². The van der Waals surface area contributed by atoms with Crippen LogP contribution in [0.25, 0.3) is 11.0 Å². The second kappa shape index (κ2) is 8.75. The van der Waals surface area contributed by atoms with E-state index in [1.165, 1.54) is 0 Å². The van der Waals surface area contributed by atoms with Gasteiger partial charge in [-0.25, -0.2) is 23.4 Å². The Morgan fingerprint density at radius 2 is 1.73 bits per heavy atom. The van der Waals surface area contributed by atoms with Crippen LogP contribution in [0.4, 0.5) is 26.7 Å². The smallest absolute Gasteiger partial charge is 0.433 e. The minimum atomic E-state index is -4.79. The molecule has 7 nitrogen and oxygen atoms in total. The van der Waals surface area contributed by atoms with Crippen molar-refractivity contribution >= 4 is 17.1 Å². The number of amides is 1. The quantitative estimate of drug-likeness (QED) is 0.555. The Kier molecular flexibility index (Phi) is 6.39. The molecule has 0 saturated heterocycles. The highest BCUT2D eigenvalue weighted by Crippen LogP contribution is 2.28. The Balaban J connectivity index is 2.07. The zero-order valence-electron chi connectivity index (χ0n) is 17.6. The van der Waals surface area contributed by atoms with Gasteiger partial charge in [-0.2, -0.15) is 18.2 Å². The number of carbonyl (C=O) groups excluding carboxylic acids is 1. The minimum absolute atomic E-state index is 0.0510. The first-order valence-electron chi connectivity index (χ1n) is 9.55. The number of alkyl halides is 3. The van der Waals surface area contributed by atoms with Crippen molar-refractivity contribution in [3.05, 3.63) is 69.5 Å². The number of alkyl carbamates (subject to hydrolysis) is 1. The molecule has 0 fully saturated rings. The molecule has 33 heavy (non-hydrogen) atoms. The average Bonchev–Trinajstić information content (AvgIpc) is 2.64.